The molecule has 2 heterocycles. The van der Waals surface area contributed by atoms with Crippen molar-refractivity contribution < 1.29 is 23.1 Å². The van der Waals surface area contributed by atoms with Gasteiger partial charge in [0, 0.05) is 36.1 Å². The first-order valence-electron chi connectivity index (χ1n) is 12.3. The maximum atomic E-state index is 12.9. The van der Waals surface area contributed by atoms with E-state index in [0.29, 0.717) is 5.92 Å². The van der Waals surface area contributed by atoms with Gasteiger partial charge in [0.1, 0.15) is 0 Å². The molecule has 2 aromatic carbocycles. The SMILES string of the molecule is CN(C)S(=O)(=O)NC(=O)c1ccc2c(C3CCCCC3)c3n(c2c1)CC(C(=O)O)=Cc1ccccc1-3.SS. The van der Waals surface area contributed by atoms with Crippen molar-refractivity contribution in [3.05, 3.63) is 64.7 Å². The number of hydrogen-bond donors (Lipinski definition) is 4. The van der Waals surface area contributed by atoms with Crippen LogP contribution in [0, 0.1) is 0 Å². The van der Waals surface area contributed by atoms with Gasteiger partial charge in [-0.2, -0.15) is 12.7 Å². The van der Waals surface area contributed by atoms with Crippen molar-refractivity contribution >= 4 is 62.4 Å². The van der Waals surface area contributed by atoms with Gasteiger partial charge in [-0.15, -0.1) is 23.3 Å². The van der Waals surface area contributed by atoms with Gasteiger partial charge in [0.15, 0.2) is 0 Å². The summed E-state index contributed by atoms with van der Waals surface area (Å²) < 4.78 is 29.5. The molecule has 0 radical (unpaired) electrons. The summed E-state index contributed by atoms with van der Waals surface area (Å²) in [6.07, 6.45) is 7.31. The van der Waals surface area contributed by atoms with E-state index in [4.69, 9.17) is 0 Å². The molecule has 1 saturated carbocycles. The molecular formula is C27H31N3O5S3. The highest BCUT2D eigenvalue weighted by Gasteiger charge is 2.30. The molecule has 8 nitrogen and oxygen atoms in total. The Kier molecular flexibility index (Phi) is 8.61. The molecule has 0 bridgehead atoms. The number of carbonyl (C=O) groups is 2. The van der Waals surface area contributed by atoms with E-state index in [0.717, 1.165) is 57.7 Å². The van der Waals surface area contributed by atoms with Crippen LogP contribution in [0.25, 0.3) is 28.2 Å². The largest absolute Gasteiger partial charge is 0.478 e. The predicted octanol–water partition coefficient (Wildman–Crippen LogP) is 5.13. The van der Waals surface area contributed by atoms with E-state index in [1.165, 1.54) is 26.1 Å². The minimum atomic E-state index is -3.95. The number of benzene rings is 2. The van der Waals surface area contributed by atoms with Crippen molar-refractivity contribution in [3.8, 4) is 11.3 Å². The van der Waals surface area contributed by atoms with E-state index >= 15 is 0 Å². The second-order valence-electron chi connectivity index (χ2n) is 9.70. The molecule has 1 aliphatic heterocycles. The van der Waals surface area contributed by atoms with Crippen LogP contribution in [0.2, 0.25) is 0 Å². The monoisotopic (exact) mass is 573 g/mol. The Bertz CT molecular complexity index is 1520. The fourth-order valence-corrected chi connectivity index (χ4v) is 5.95. The first-order valence-corrected chi connectivity index (χ1v) is 15.4. The summed E-state index contributed by atoms with van der Waals surface area (Å²) in [5.74, 6) is -1.40. The summed E-state index contributed by atoms with van der Waals surface area (Å²) in [5.41, 5.74) is 5.16. The molecule has 1 amide bonds. The van der Waals surface area contributed by atoms with Gasteiger partial charge in [0.25, 0.3) is 5.91 Å². The summed E-state index contributed by atoms with van der Waals surface area (Å²) in [4.78, 5) is 25.0. The third-order valence-corrected chi connectivity index (χ3v) is 8.64. The van der Waals surface area contributed by atoms with Crippen molar-refractivity contribution in [1.82, 2.24) is 13.6 Å². The first-order chi connectivity index (χ1) is 18.2. The summed E-state index contributed by atoms with van der Waals surface area (Å²) >= 11 is 6.44. The van der Waals surface area contributed by atoms with Crippen LogP contribution in [-0.2, 0) is 21.5 Å². The number of hydrogen-bond acceptors (Lipinski definition) is 6. The van der Waals surface area contributed by atoms with Crippen LogP contribution in [0.1, 0.15) is 59.5 Å². The zero-order valence-electron chi connectivity index (χ0n) is 21.2. The number of amides is 1. The zero-order chi connectivity index (χ0) is 27.6. The summed E-state index contributed by atoms with van der Waals surface area (Å²) in [6.45, 7) is 0.142. The lowest BCUT2D eigenvalue weighted by atomic mass is 9.81. The Morgan fingerprint density at radius 3 is 2.39 bits per heavy atom. The molecule has 3 aromatic rings. The summed E-state index contributed by atoms with van der Waals surface area (Å²) in [7, 11) is -1.26. The van der Waals surface area contributed by atoms with Gasteiger partial charge in [-0.1, -0.05) is 49.6 Å². The van der Waals surface area contributed by atoms with Crippen molar-refractivity contribution in [2.45, 2.75) is 44.6 Å². The Balaban J connectivity index is 0.00000164. The van der Waals surface area contributed by atoms with Crippen LogP contribution < -0.4 is 4.72 Å². The number of carbonyl (C=O) groups excluding carboxylic acids is 1. The molecule has 0 unspecified atom stereocenters. The molecule has 0 spiro atoms. The van der Waals surface area contributed by atoms with E-state index in [1.54, 1.807) is 18.2 Å². The average molecular weight is 574 g/mol. The third-order valence-electron chi connectivity index (χ3n) is 7.23. The highest BCUT2D eigenvalue weighted by Crippen LogP contribution is 2.46. The smallest absolute Gasteiger partial charge is 0.333 e. The molecule has 1 aromatic heterocycles. The molecule has 11 heteroatoms. The normalized spacial score (nSPS) is 15.6. The van der Waals surface area contributed by atoms with Gasteiger partial charge >= 0.3 is 16.2 Å². The highest BCUT2D eigenvalue weighted by molar-refractivity contribution is 8.59. The van der Waals surface area contributed by atoms with Crippen LogP contribution in [0.15, 0.2) is 48.0 Å². The van der Waals surface area contributed by atoms with Crippen LogP contribution in [0.5, 0.6) is 0 Å². The molecule has 1 fully saturated rings. The van der Waals surface area contributed by atoms with Gasteiger partial charge in [0.2, 0.25) is 0 Å². The van der Waals surface area contributed by atoms with Crippen LogP contribution in [-0.4, -0.2) is 48.4 Å². The standard InChI is InChI=1S/C27H29N3O5S.H2S2/c1-29(2)36(34,35)28-26(31)19-12-13-22-23(15-19)30-16-20(27(32)33)14-18-10-6-7-11-21(18)25(30)24(22)17-8-4-3-5-9-17;1-2/h6-7,10-15,17H,3-5,8-9,16H2,1-2H3,(H,28,31)(H,32,33);1-2H. The summed E-state index contributed by atoms with van der Waals surface area (Å²) in [6, 6.07) is 13.0. The van der Waals surface area contributed by atoms with Gasteiger partial charge in [0.05, 0.1) is 17.8 Å². The van der Waals surface area contributed by atoms with Crippen LogP contribution >= 0.6 is 23.3 Å². The Morgan fingerprint density at radius 1 is 1.05 bits per heavy atom. The van der Waals surface area contributed by atoms with Gasteiger partial charge in [-0.25, -0.2) is 9.52 Å². The number of aromatic nitrogens is 1. The topological polar surface area (TPSA) is 109 Å². The Morgan fingerprint density at radius 2 is 1.74 bits per heavy atom. The van der Waals surface area contributed by atoms with E-state index in [9.17, 15) is 23.1 Å². The third kappa shape index (κ3) is 5.38. The molecule has 38 heavy (non-hydrogen) atoms. The number of rotatable bonds is 5. The number of carboxylic acid groups (broad SMARTS) is 1. The molecule has 0 saturated heterocycles. The number of fused-ring (bicyclic) bond motifs is 5. The fraction of sp³-hybridized carbons (Fsp3) is 0.333. The Labute approximate surface area is 233 Å². The fourth-order valence-electron chi connectivity index (χ4n) is 5.42. The number of nitrogens with zero attached hydrogens (tertiary/aromatic N) is 2. The molecule has 0 atom stereocenters. The lowest BCUT2D eigenvalue weighted by Gasteiger charge is -2.24. The number of nitrogens with one attached hydrogen (secondary N) is 1. The minimum Gasteiger partial charge on any atom is -0.478 e. The van der Waals surface area contributed by atoms with Crippen molar-refractivity contribution in [2.75, 3.05) is 14.1 Å². The Hall–Kier alpha value is -2.73. The molecule has 2 aliphatic rings. The first kappa shape index (κ1) is 28.3. The van der Waals surface area contributed by atoms with Crippen molar-refractivity contribution in [1.29, 1.82) is 0 Å². The van der Waals surface area contributed by atoms with E-state index < -0.39 is 22.1 Å². The molecular weight excluding hydrogens is 543 g/mol. The number of thiol groups is 2. The van der Waals surface area contributed by atoms with Crippen molar-refractivity contribution in [3.63, 3.8) is 0 Å². The van der Waals surface area contributed by atoms with Crippen molar-refractivity contribution in [2.24, 2.45) is 0 Å². The molecule has 202 valence electrons. The van der Waals surface area contributed by atoms with E-state index in [2.05, 4.69) is 28.0 Å². The highest BCUT2D eigenvalue weighted by atomic mass is 33.1. The zero-order valence-corrected chi connectivity index (χ0v) is 23.8. The maximum Gasteiger partial charge on any atom is 0.333 e. The van der Waals surface area contributed by atoms with Gasteiger partial charge < -0.3 is 9.67 Å². The van der Waals surface area contributed by atoms with E-state index in [1.807, 2.05) is 34.9 Å². The second kappa shape index (κ2) is 11.6. The van der Waals surface area contributed by atoms with E-state index in [-0.39, 0.29) is 17.7 Å². The number of carboxylic acids is 1. The molecule has 1 aliphatic carbocycles. The summed E-state index contributed by atoms with van der Waals surface area (Å²) in [5, 5.41) is 10.9. The van der Waals surface area contributed by atoms with Gasteiger partial charge in [-0.3, -0.25) is 4.79 Å². The van der Waals surface area contributed by atoms with Gasteiger partial charge in [-0.05, 0) is 48.1 Å². The average Bonchev–Trinajstić information content (AvgIpc) is 3.12. The van der Waals surface area contributed by atoms with Crippen LogP contribution in [0.3, 0.4) is 0 Å². The van der Waals surface area contributed by atoms with Crippen LogP contribution in [0.4, 0.5) is 0 Å². The minimum absolute atomic E-state index is 0.142. The number of aliphatic carboxylic acids is 1. The maximum absolute atomic E-state index is 12.9. The lowest BCUT2D eigenvalue weighted by molar-refractivity contribution is -0.132. The second-order valence-corrected chi connectivity index (χ2v) is 11.6. The molecule has 2 N–H and O–H groups in total. The lowest BCUT2D eigenvalue weighted by Crippen LogP contribution is -2.39. The quantitative estimate of drug-likeness (QED) is 0.250. The predicted molar refractivity (Wildman–Crippen MR) is 157 cm³/mol. The molecule has 5 rings (SSSR count).